The third-order valence-electron chi connectivity index (χ3n) is 5.40. The first-order valence-electron chi connectivity index (χ1n) is 11.1. The first-order valence-corrected chi connectivity index (χ1v) is 14.0. The van der Waals surface area contributed by atoms with Crippen LogP contribution in [0, 0.1) is 0 Å². The van der Waals surface area contributed by atoms with Crippen molar-refractivity contribution in [2.75, 3.05) is 0 Å². The third kappa shape index (κ3) is 8.14. The molecule has 28 heavy (non-hydrogen) atoms. The third-order valence-corrected chi connectivity index (χ3v) is 10.7. The molecule has 0 atom stereocenters. The molecular weight excluding hydrogens is 449 g/mol. The van der Waals surface area contributed by atoms with E-state index in [1.54, 1.807) is 0 Å². The number of rotatable bonds is 14. The van der Waals surface area contributed by atoms with E-state index in [1.807, 2.05) is 18.2 Å². The van der Waals surface area contributed by atoms with Gasteiger partial charge in [-0.3, -0.25) is 0 Å². The Morgan fingerprint density at radius 1 is 0.821 bits per heavy atom. The van der Waals surface area contributed by atoms with E-state index in [4.69, 9.17) is 4.74 Å². The number of hydrogen-bond donors (Lipinski definition) is 0. The summed E-state index contributed by atoms with van der Waals surface area (Å²) in [5, 5.41) is 0. The quantitative estimate of drug-likeness (QED) is 0.277. The summed E-state index contributed by atoms with van der Waals surface area (Å²) in [5.74, 6) is 0.744. The fraction of sp³-hybridized carbons (Fsp3) is 0.560. The van der Waals surface area contributed by atoms with Crippen LogP contribution >= 0.6 is 0 Å². The molecule has 0 aliphatic carbocycles. The molecule has 0 amide bonds. The van der Waals surface area contributed by atoms with Gasteiger partial charge in [-0.25, -0.2) is 0 Å². The van der Waals surface area contributed by atoms with E-state index in [0.29, 0.717) is 10.0 Å². The maximum absolute atomic E-state index is 5.88. The predicted molar refractivity (Wildman–Crippen MR) is 122 cm³/mol. The van der Waals surface area contributed by atoms with Crippen molar-refractivity contribution in [3.8, 4) is 5.88 Å². The van der Waals surface area contributed by atoms with Crippen molar-refractivity contribution in [3.05, 3.63) is 54.2 Å². The molecule has 152 valence electrons. The van der Waals surface area contributed by atoms with Crippen LogP contribution in [0.25, 0.3) is 0 Å². The SMILES string of the molecule is CCCC[C](CCCC)(CCCC)[Sn][c]1ccc(OCc2ccccc2)nc1. The van der Waals surface area contributed by atoms with Crippen LogP contribution in [-0.4, -0.2) is 26.1 Å². The molecule has 1 aromatic carbocycles. The zero-order valence-electron chi connectivity index (χ0n) is 18.0. The summed E-state index contributed by atoms with van der Waals surface area (Å²) < 4.78 is 8.02. The molecule has 0 N–H and O–H groups in total. The van der Waals surface area contributed by atoms with E-state index in [1.165, 1.54) is 66.9 Å². The molecule has 0 spiro atoms. The second-order valence-electron chi connectivity index (χ2n) is 7.88. The van der Waals surface area contributed by atoms with Gasteiger partial charge >= 0.3 is 183 Å². The van der Waals surface area contributed by atoms with Crippen molar-refractivity contribution in [2.45, 2.75) is 88.6 Å². The monoisotopic (exact) mass is 487 g/mol. The first kappa shape index (κ1) is 23.2. The van der Waals surface area contributed by atoms with Gasteiger partial charge in [0.15, 0.2) is 0 Å². The number of nitrogens with zero attached hydrogens (tertiary/aromatic N) is 1. The van der Waals surface area contributed by atoms with E-state index in [9.17, 15) is 0 Å². The summed E-state index contributed by atoms with van der Waals surface area (Å²) in [6.07, 6.45) is 14.4. The number of pyridine rings is 1. The van der Waals surface area contributed by atoms with E-state index >= 15 is 0 Å². The van der Waals surface area contributed by atoms with Crippen LogP contribution in [0.1, 0.15) is 84.1 Å². The Morgan fingerprint density at radius 3 is 1.93 bits per heavy atom. The second kappa shape index (κ2) is 13.2. The Labute approximate surface area is 182 Å². The van der Waals surface area contributed by atoms with Gasteiger partial charge in [-0.05, 0) is 0 Å². The number of aromatic nitrogens is 1. The molecule has 0 saturated heterocycles. The average molecular weight is 486 g/mol. The molecule has 2 radical (unpaired) electrons. The zero-order valence-corrected chi connectivity index (χ0v) is 20.9. The molecule has 2 rings (SSSR count). The van der Waals surface area contributed by atoms with Crippen molar-refractivity contribution in [2.24, 2.45) is 0 Å². The average Bonchev–Trinajstić information content (AvgIpc) is 2.75. The molecule has 0 aliphatic heterocycles. The van der Waals surface area contributed by atoms with E-state index in [2.05, 4.69) is 56.2 Å². The predicted octanol–water partition coefficient (Wildman–Crippen LogP) is 6.72. The van der Waals surface area contributed by atoms with Gasteiger partial charge < -0.3 is 0 Å². The molecule has 2 aromatic rings. The van der Waals surface area contributed by atoms with Gasteiger partial charge in [-0.15, -0.1) is 0 Å². The van der Waals surface area contributed by atoms with Crippen molar-refractivity contribution in [1.29, 1.82) is 0 Å². The van der Waals surface area contributed by atoms with Crippen LogP contribution in [0.15, 0.2) is 48.7 Å². The summed E-state index contributed by atoms with van der Waals surface area (Å²) in [6.45, 7) is 7.57. The fourth-order valence-corrected chi connectivity index (χ4v) is 8.86. The Hall–Kier alpha value is -1.03. The molecule has 3 heteroatoms. The second-order valence-corrected chi connectivity index (χ2v) is 13.3. The number of benzene rings is 1. The van der Waals surface area contributed by atoms with E-state index in [-0.39, 0.29) is 0 Å². The van der Waals surface area contributed by atoms with Gasteiger partial charge in [0.1, 0.15) is 0 Å². The van der Waals surface area contributed by atoms with Crippen molar-refractivity contribution < 1.29 is 4.74 Å². The molecule has 1 heterocycles. The number of unbranched alkanes of at least 4 members (excludes halogenated alkanes) is 3. The normalized spacial score (nSPS) is 11.5. The van der Waals surface area contributed by atoms with Gasteiger partial charge in [0, 0.05) is 0 Å². The van der Waals surface area contributed by atoms with Gasteiger partial charge in [0.25, 0.3) is 0 Å². The Balaban J connectivity index is 2.02. The Morgan fingerprint density at radius 2 is 1.43 bits per heavy atom. The summed E-state index contributed by atoms with van der Waals surface area (Å²) in [7, 11) is 0. The standard InChI is InChI=1S/C13H27.C12H10NO.Sn/c1-4-7-10-13(11-8-5-2)12-9-6-3;1-2-6-11(7-3-1)10-14-12-8-4-5-9-13-12;/h4-12H2,1-3H3;1-4,6-9H,10H2;. The van der Waals surface area contributed by atoms with E-state index < -0.39 is 21.1 Å². The van der Waals surface area contributed by atoms with Gasteiger partial charge in [-0.1, -0.05) is 0 Å². The summed E-state index contributed by atoms with van der Waals surface area (Å²) >= 11 is -0.703. The van der Waals surface area contributed by atoms with Crippen LogP contribution in [0.4, 0.5) is 0 Å². The summed E-state index contributed by atoms with van der Waals surface area (Å²) in [5.41, 5.74) is 1.18. The van der Waals surface area contributed by atoms with Crippen LogP contribution in [0.2, 0.25) is 3.43 Å². The van der Waals surface area contributed by atoms with Gasteiger partial charge in [0.05, 0.1) is 0 Å². The fourth-order valence-electron chi connectivity index (χ4n) is 3.69. The van der Waals surface area contributed by atoms with Crippen molar-refractivity contribution in [1.82, 2.24) is 4.98 Å². The van der Waals surface area contributed by atoms with Crippen molar-refractivity contribution in [3.63, 3.8) is 0 Å². The maximum atomic E-state index is 5.88. The molecule has 0 fully saturated rings. The zero-order chi connectivity index (χ0) is 20.1. The Kier molecular flexibility index (Phi) is 11.0. The minimum absolute atomic E-state index is 0.584. The number of hydrogen-bond acceptors (Lipinski definition) is 2. The molecule has 0 unspecified atom stereocenters. The minimum atomic E-state index is -0.703. The molecule has 1 aromatic heterocycles. The van der Waals surface area contributed by atoms with E-state index in [0.717, 1.165) is 5.88 Å². The van der Waals surface area contributed by atoms with Crippen LogP contribution < -0.4 is 8.32 Å². The van der Waals surface area contributed by atoms with Crippen LogP contribution in [-0.2, 0) is 6.61 Å². The number of ether oxygens (including phenoxy) is 1. The molecule has 0 aliphatic rings. The summed E-state index contributed by atoms with van der Waals surface area (Å²) in [4.78, 5) is 4.64. The van der Waals surface area contributed by atoms with Gasteiger partial charge in [0.2, 0.25) is 0 Å². The molecule has 0 saturated carbocycles. The van der Waals surface area contributed by atoms with Crippen LogP contribution in [0.3, 0.4) is 0 Å². The summed E-state index contributed by atoms with van der Waals surface area (Å²) in [6, 6.07) is 14.7. The molecular formula is C25H37NOSn. The molecule has 0 bridgehead atoms. The topological polar surface area (TPSA) is 22.1 Å². The Bertz CT molecular complexity index is 620. The van der Waals surface area contributed by atoms with Crippen molar-refractivity contribution >= 4 is 24.7 Å². The molecule has 2 nitrogen and oxygen atoms in total. The first-order chi connectivity index (χ1) is 13.7. The van der Waals surface area contributed by atoms with Gasteiger partial charge in [-0.2, -0.15) is 0 Å². The van der Waals surface area contributed by atoms with Crippen LogP contribution in [0.5, 0.6) is 5.88 Å².